The number of anilines is 5. The van der Waals surface area contributed by atoms with Crippen LogP contribution in [0.5, 0.6) is 0 Å². The van der Waals surface area contributed by atoms with Crippen LogP contribution in [0.3, 0.4) is 0 Å². The van der Waals surface area contributed by atoms with Gasteiger partial charge in [-0.15, -0.1) is 0 Å². The van der Waals surface area contributed by atoms with E-state index in [1.165, 1.54) is 142 Å². The SMILES string of the molecule is Cc1cc2c(cc1N1c3cc4c(cc3B3c5c1cc1c(oc6ccccc61)c5-c1cc5c(cc1N3c1ccc(C(C)(C)C)cc1)C(C)(C)c1cc3c(cc1-5)C(C)(C)CCC3(C)C)C(C)(C)CCC4(C)C)C(C)(C)CCC2(C)C. The van der Waals surface area contributed by atoms with E-state index in [2.05, 4.69) is 237 Å². The molecule has 0 atom stereocenters. The van der Waals surface area contributed by atoms with Gasteiger partial charge in [0.1, 0.15) is 11.2 Å². The van der Waals surface area contributed by atoms with Crippen LogP contribution in [0.25, 0.3) is 44.2 Å². The zero-order chi connectivity index (χ0) is 55.1. The molecule has 0 saturated carbocycles. The summed E-state index contributed by atoms with van der Waals surface area (Å²) in [7, 11) is 0. The number of fused-ring (bicyclic) bond motifs is 14. The van der Waals surface area contributed by atoms with Crippen LogP contribution in [-0.2, 0) is 43.3 Å². The van der Waals surface area contributed by atoms with Crippen LogP contribution in [0.15, 0.2) is 108 Å². The third-order valence-corrected chi connectivity index (χ3v) is 21.7. The van der Waals surface area contributed by atoms with Gasteiger partial charge in [0, 0.05) is 55.8 Å². The predicted molar refractivity (Wildman–Crippen MR) is 334 cm³/mol. The number of hydrogen-bond donors (Lipinski definition) is 0. The molecule has 78 heavy (non-hydrogen) atoms. The maximum Gasteiger partial charge on any atom is 0.333 e. The lowest BCUT2D eigenvalue weighted by atomic mass is 9.42. The van der Waals surface area contributed by atoms with E-state index >= 15 is 0 Å². The highest BCUT2D eigenvalue weighted by atomic mass is 16.3. The Bertz CT molecular complexity index is 3950. The topological polar surface area (TPSA) is 19.6 Å². The third kappa shape index (κ3) is 6.76. The minimum absolute atomic E-state index is 0.00145. The smallest absolute Gasteiger partial charge is 0.333 e. The first kappa shape index (κ1) is 50.2. The van der Waals surface area contributed by atoms with Crippen molar-refractivity contribution in [2.45, 2.75) is 206 Å². The Morgan fingerprint density at radius 3 is 1.53 bits per heavy atom. The van der Waals surface area contributed by atoms with Gasteiger partial charge in [-0.2, -0.15) is 0 Å². The molecule has 6 aliphatic rings. The van der Waals surface area contributed by atoms with Crippen LogP contribution in [0.4, 0.5) is 28.4 Å². The van der Waals surface area contributed by atoms with Crippen molar-refractivity contribution in [3.8, 4) is 22.3 Å². The molecule has 0 amide bonds. The molecule has 0 unspecified atom stereocenters. The van der Waals surface area contributed by atoms with E-state index < -0.39 is 0 Å². The Hall–Kier alpha value is -6.00. The predicted octanol–water partition coefficient (Wildman–Crippen LogP) is 19.3. The fourth-order valence-electron chi connectivity index (χ4n) is 16.2. The average Bonchev–Trinajstić information content (AvgIpc) is 3.39. The monoisotopic (exact) mass is 1030 g/mol. The van der Waals surface area contributed by atoms with Crippen molar-refractivity contribution in [3.63, 3.8) is 0 Å². The Balaban J connectivity index is 1.16. The van der Waals surface area contributed by atoms with Crippen LogP contribution in [0, 0.1) is 6.92 Å². The molecule has 4 aliphatic carbocycles. The highest BCUT2D eigenvalue weighted by molar-refractivity contribution is 6.94. The van der Waals surface area contributed by atoms with Crippen molar-refractivity contribution in [3.05, 3.63) is 159 Å². The molecule has 0 radical (unpaired) electrons. The zero-order valence-corrected chi connectivity index (χ0v) is 50.4. The summed E-state index contributed by atoms with van der Waals surface area (Å²) < 4.78 is 7.42. The zero-order valence-electron chi connectivity index (χ0n) is 50.4. The van der Waals surface area contributed by atoms with Crippen LogP contribution in [0.1, 0.15) is 212 Å². The normalized spacial score (nSPS) is 20.8. The molecule has 0 spiro atoms. The van der Waals surface area contributed by atoms with Gasteiger partial charge in [0.05, 0.1) is 0 Å². The van der Waals surface area contributed by atoms with E-state index in [1.807, 2.05) is 0 Å². The molecule has 3 heterocycles. The van der Waals surface area contributed by atoms with Gasteiger partial charge in [0.2, 0.25) is 0 Å². The van der Waals surface area contributed by atoms with E-state index in [0.717, 1.165) is 35.8 Å². The van der Waals surface area contributed by atoms with Gasteiger partial charge in [-0.25, -0.2) is 0 Å². The number of rotatable bonds is 2. The molecular weight excluding hydrogens is 944 g/mol. The molecule has 8 aromatic rings. The summed E-state index contributed by atoms with van der Waals surface area (Å²) in [4.78, 5) is 5.54. The van der Waals surface area contributed by atoms with Gasteiger partial charge in [0.15, 0.2) is 0 Å². The fraction of sp³-hybridized carbons (Fsp3) is 0.432. The Labute approximate surface area is 467 Å². The van der Waals surface area contributed by atoms with Crippen LogP contribution >= 0.6 is 0 Å². The average molecular weight is 1030 g/mol. The summed E-state index contributed by atoms with van der Waals surface area (Å²) in [5.74, 6) is 0. The molecule has 0 fully saturated rings. The van der Waals surface area contributed by atoms with Crippen LogP contribution in [-0.4, -0.2) is 6.85 Å². The molecule has 0 saturated heterocycles. The summed E-state index contributed by atoms with van der Waals surface area (Å²) in [5.41, 5.74) is 30.8. The molecule has 2 aliphatic heterocycles. The van der Waals surface area contributed by atoms with E-state index in [4.69, 9.17) is 4.42 Å². The maximum absolute atomic E-state index is 7.42. The lowest BCUT2D eigenvalue weighted by molar-refractivity contribution is 0.331. The fourth-order valence-corrected chi connectivity index (χ4v) is 16.2. The number of nitrogens with zero attached hydrogens (tertiary/aromatic N) is 2. The highest BCUT2D eigenvalue weighted by Crippen LogP contribution is 2.60. The second-order valence-electron chi connectivity index (χ2n) is 31.0. The molecule has 1 aromatic heterocycles. The van der Waals surface area contributed by atoms with E-state index in [-0.39, 0.29) is 50.2 Å². The summed E-state index contributed by atoms with van der Waals surface area (Å²) in [6.07, 6.45) is 7.03. The number of benzene rings is 7. The first-order chi connectivity index (χ1) is 36.4. The summed E-state index contributed by atoms with van der Waals surface area (Å²) in [5, 5.41) is 2.34. The number of aryl methyl sites for hydroxylation is 1. The van der Waals surface area contributed by atoms with Crippen molar-refractivity contribution in [1.82, 2.24) is 0 Å². The first-order valence-corrected chi connectivity index (χ1v) is 29.8. The van der Waals surface area contributed by atoms with Gasteiger partial charge in [-0.3, -0.25) is 0 Å². The van der Waals surface area contributed by atoms with E-state index in [9.17, 15) is 0 Å². The van der Waals surface area contributed by atoms with Gasteiger partial charge in [0.25, 0.3) is 0 Å². The number of furan rings is 1. The first-order valence-electron chi connectivity index (χ1n) is 29.8. The summed E-state index contributed by atoms with van der Waals surface area (Å²) in [6, 6.07) is 42.2. The molecule has 0 N–H and O–H groups in total. The van der Waals surface area contributed by atoms with Crippen molar-refractivity contribution in [2.24, 2.45) is 0 Å². The quantitative estimate of drug-likeness (QED) is 0.161. The lowest BCUT2D eigenvalue weighted by Crippen LogP contribution is -2.62. The summed E-state index contributed by atoms with van der Waals surface area (Å²) in [6.45, 7) is 44.1. The maximum atomic E-state index is 7.42. The molecule has 3 nitrogen and oxygen atoms in total. The Morgan fingerprint density at radius 1 is 0.449 bits per heavy atom. The highest BCUT2D eigenvalue weighted by Gasteiger charge is 2.51. The second-order valence-corrected chi connectivity index (χ2v) is 31.0. The molecule has 4 heteroatoms. The van der Waals surface area contributed by atoms with E-state index in [1.54, 1.807) is 0 Å². The second kappa shape index (κ2) is 15.5. The van der Waals surface area contributed by atoms with Gasteiger partial charge < -0.3 is 14.1 Å². The molecule has 14 rings (SSSR count). The van der Waals surface area contributed by atoms with Crippen molar-refractivity contribution >= 4 is 68.1 Å². The van der Waals surface area contributed by atoms with E-state index in [0.29, 0.717) is 0 Å². The van der Waals surface area contributed by atoms with Gasteiger partial charge in [-0.1, -0.05) is 166 Å². The lowest BCUT2D eigenvalue weighted by Gasteiger charge is -2.49. The molecule has 0 bridgehead atoms. The standard InChI is InChI=1S/C74H83BN2O/c1-42-33-52-56(72(13,14)31-27-68(52,5)6)40-59(42)76-61-41-57-55(71(11,12)30-32-73(57,15)16)38-58(61)75-65-62(76)36-48-45-21-19-20-22-63(45)78-66(48)64(65)49-34-46-47-35-53-54(70(9,10)29-28-69(53,7)8)37-50(47)74(17,18)51(46)39-60(49)77(75)44-25-23-43(24-26-44)67(2,3)4/h19-26,33-41H,27-32H2,1-18H3. The minimum atomic E-state index is -0.229. The van der Waals surface area contributed by atoms with Crippen molar-refractivity contribution in [2.75, 3.05) is 9.71 Å². The number of para-hydroxylation sites is 1. The molecule has 398 valence electrons. The van der Waals surface area contributed by atoms with Crippen molar-refractivity contribution < 1.29 is 4.42 Å². The molecular formula is C74H83BN2O. The van der Waals surface area contributed by atoms with Crippen LogP contribution in [0.2, 0.25) is 0 Å². The molecule has 7 aromatic carbocycles. The summed E-state index contributed by atoms with van der Waals surface area (Å²) >= 11 is 0. The third-order valence-electron chi connectivity index (χ3n) is 21.7. The number of hydrogen-bond acceptors (Lipinski definition) is 3. The minimum Gasteiger partial charge on any atom is -0.455 e. The Kier molecular flexibility index (Phi) is 9.96. The van der Waals surface area contributed by atoms with Crippen LogP contribution < -0.4 is 20.6 Å². The van der Waals surface area contributed by atoms with Gasteiger partial charge in [-0.05, 0) is 216 Å². The Morgan fingerprint density at radius 2 is 0.936 bits per heavy atom. The largest absolute Gasteiger partial charge is 0.455 e. The van der Waals surface area contributed by atoms with Crippen molar-refractivity contribution in [1.29, 1.82) is 0 Å². The van der Waals surface area contributed by atoms with Gasteiger partial charge >= 0.3 is 6.85 Å².